The zero-order valence-corrected chi connectivity index (χ0v) is 6.00. The van der Waals surface area contributed by atoms with Crippen molar-refractivity contribution in [2.45, 2.75) is 19.4 Å². The molecule has 0 bridgehead atoms. The van der Waals surface area contributed by atoms with Gasteiger partial charge in [0, 0.05) is 7.11 Å². The van der Waals surface area contributed by atoms with E-state index in [9.17, 15) is 0 Å². The van der Waals surface area contributed by atoms with Gasteiger partial charge in [0.25, 0.3) is 0 Å². The SMILES string of the molecule is CCC=CC(CO)OC. The molecule has 54 valence electrons. The van der Waals surface area contributed by atoms with Crippen LogP contribution in [0.3, 0.4) is 0 Å². The predicted octanol–water partition coefficient (Wildman–Crippen LogP) is 0.960. The van der Waals surface area contributed by atoms with Crippen molar-refractivity contribution in [1.82, 2.24) is 0 Å². The van der Waals surface area contributed by atoms with Gasteiger partial charge in [0.1, 0.15) is 0 Å². The minimum atomic E-state index is -0.120. The number of aliphatic hydroxyl groups is 1. The summed E-state index contributed by atoms with van der Waals surface area (Å²) < 4.78 is 4.86. The molecule has 0 aliphatic heterocycles. The zero-order chi connectivity index (χ0) is 7.11. The fraction of sp³-hybridized carbons (Fsp3) is 0.714. The highest BCUT2D eigenvalue weighted by Crippen LogP contribution is 1.91. The number of rotatable bonds is 4. The third-order valence-corrected chi connectivity index (χ3v) is 1.07. The third kappa shape index (κ3) is 4.18. The van der Waals surface area contributed by atoms with Gasteiger partial charge in [0.05, 0.1) is 12.7 Å². The van der Waals surface area contributed by atoms with Crippen LogP contribution in [0.15, 0.2) is 12.2 Å². The summed E-state index contributed by atoms with van der Waals surface area (Å²) in [6, 6.07) is 0. The van der Waals surface area contributed by atoms with Crippen molar-refractivity contribution in [3.63, 3.8) is 0 Å². The first-order chi connectivity index (χ1) is 4.35. The van der Waals surface area contributed by atoms with Gasteiger partial charge in [-0.15, -0.1) is 0 Å². The number of methoxy groups -OCH3 is 1. The Hall–Kier alpha value is -0.340. The molecule has 0 fully saturated rings. The van der Waals surface area contributed by atoms with Crippen molar-refractivity contribution < 1.29 is 9.84 Å². The van der Waals surface area contributed by atoms with E-state index >= 15 is 0 Å². The molecule has 0 heterocycles. The normalized spacial score (nSPS) is 14.6. The van der Waals surface area contributed by atoms with Gasteiger partial charge in [-0.2, -0.15) is 0 Å². The Balaban J connectivity index is 3.41. The van der Waals surface area contributed by atoms with Crippen molar-refractivity contribution in [2.24, 2.45) is 0 Å². The molecule has 0 amide bonds. The van der Waals surface area contributed by atoms with E-state index in [0.717, 1.165) is 6.42 Å². The Bertz CT molecular complexity index is 75.0. The highest BCUT2D eigenvalue weighted by atomic mass is 16.5. The van der Waals surface area contributed by atoms with Crippen LogP contribution >= 0.6 is 0 Å². The maximum absolute atomic E-state index is 8.58. The Morgan fingerprint density at radius 1 is 1.67 bits per heavy atom. The summed E-state index contributed by atoms with van der Waals surface area (Å²) in [5.41, 5.74) is 0. The molecule has 0 spiro atoms. The molecule has 2 nitrogen and oxygen atoms in total. The first-order valence-corrected chi connectivity index (χ1v) is 3.15. The van der Waals surface area contributed by atoms with Crippen LogP contribution in [0.1, 0.15) is 13.3 Å². The molecule has 0 aromatic carbocycles. The number of hydrogen-bond donors (Lipinski definition) is 1. The molecule has 0 saturated heterocycles. The minimum absolute atomic E-state index is 0.0625. The molecule has 1 unspecified atom stereocenters. The summed E-state index contributed by atoms with van der Waals surface area (Å²) in [7, 11) is 1.58. The third-order valence-electron chi connectivity index (χ3n) is 1.07. The first-order valence-electron chi connectivity index (χ1n) is 3.15. The van der Waals surface area contributed by atoms with Crippen LogP contribution in [0.2, 0.25) is 0 Å². The summed E-state index contributed by atoms with van der Waals surface area (Å²) in [5, 5.41) is 8.58. The minimum Gasteiger partial charge on any atom is -0.393 e. The van der Waals surface area contributed by atoms with Gasteiger partial charge in [0.15, 0.2) is 0 Å². The lowest BCUT2D eigenvalue weighted by Crippen LogP contribution is -2.11. The smallest absolute Gasteiger partial charge is 0.0982 e. The van der Waals surface area contributed by atoms with Gasteiger partial charge in [-0.1, -0.05) is 19.1 Å². The van der Waals surface area contributed by atoms with Gasteiger partial charge in [-0.05, 0) is 6.42 Å². The molecule has 1 N–H and O–H groups in total. The van der Waals surface area contributed by atoms with E-state index in [1.165, 1.54) is 0 Å². The van der Waals surface area contributed by atoms with E-state index in [0.29, 0.717) is 0 Å². The summed E-state index contributed by atoms with van der Waals surface area (Å²) in [6.07, 6.45) is 4.70. The van der Waals surface area contributed by atoms with Crippen LogP contribution in [0.4, 0.5) is 0 Å². The molecular formula is C7H14O2. The van der Waals surface area contributed by atoms with Gasteiger partial charge < -0.3 is 9.84 Å². The summed E-state index contributed by atoms with van der Waals surface area (Å²) in [6.45, 7) is 2.10. The number of hydrogen-bond acceptors (Lipinski definition) is 2. The molecule has 9 heavy (non-hydrogen) atoms. The predicted molar refractivity (Wildman–Crippen MR) is 37.3 cm³/mol. The average molecular weight is 130 g/mol. The number of allylic oxidation sites excluding steroid dienone is 1. The van der Waals surface area contributed by atoms with Crippen LogP contribution in [0.25, 0.3) is 0 Å². The molecule has 2 heteroatoms. The van der Waals surface area contributed by atoms with E-state index in [1.54, 1.807) is 7.11 Å². The Kier molecular flexibility index (Phi) is 5.57. The lowest BCUT2D eigenvalue weighted by atomic mass is 10.3. The molecule has 0 aliphatic carbocycles. The Labute approximate surface area is 56.1 Å². The molecule has 0 saturated carbocycles. The molecular weight excluding hydrogens is 116 g/mol. The van der Waals surface area contributed by atoms with Crippen LogP contribution in [-0.2, 0) is 4.74 Å². The topological polar surface area (TPSA) is 29.5 Å². The highest BCUT2D eigenvalue weighted by molar-refractivity contribution is 4.87. The van der Waals surface area contributed by atoms with E-state index in [4.69, 9.17) is 9.84 Å². The molecule has 1 atom stereocenters. The summed E-state index contributed by atoms with van der Waals surface area (Å²) in [4.78, 5) is 0. The fourth-order valence-corrected chi connectivity index (χ4v) is 0.502. The van der Waals surface area contributed by atoms with E-state index < -0.39 is 0 Å². The van der Waals surface area contributed by atoms with Gasteiger partial charge >= 0.3 is 0 Å². The standard InChI is InChI=1S/C7H14O2/c1-3-4-5-7(6-8)9-2/h4-5,7-8H,3,6H2,1-2H3. The average Bonchev–Trinajstić information content (AvgIpc) is 1.91. The van der Waals surface area contributed by atoms with Crippen molar-refractivity contribution in [1.29, 1.82) is 0 Å². The van der Waals surface area contributed by atoms with E-state index in [-0.39, 0.29) is 12.7 Å². The number of aliphatic hydroxyl groups excluding tert-OH is 1. The van der Waals surface area contributed by atoms with Crippen LogP contribution in [-0.4, -0.2) is 24.9 Å². The van der Waals surface area contributed by atoms with Crippen LogP contribution in [0.5, 0.6) is 0 Å². The van der Waals surface area contributed by atoms with Crippen LogP contribution < -0.4 is 0 Å². The monoisotopic (exact) mass is 130 g/mol. The van der Waals surface area contributed by atoms with E-state index in [1.807, 2.05) is 19.1 Å². The van der Waals surface area contributed by atoms with Crippen molar-refractivity contribution >= 4 is 0 Å². The zero-order valence-electron chi connectivity index (χ0n) is 6.00. The quantitative estimate of drug-likeness (QED) is 0.574. The molecule has 0 aromatic heterocycles. The van der Waals surface area contributed by atoms with Gasteiger partial charge in [-0.3, -0.25) is 0 Å². The summed E-state index contributed by atoms with van der Waals surface area (Å²) >= 11 is 0. The van der Waals surface area contributed by atoms with Crippen molar-refractivity contribution in [3.05, 3.63) is 12.2 Å². The molecule has 0 aliphatic rings. The second kappa shape index (κ2) is 5.79. The summed E-state index contributed by atoms with van der Waals surface area (Å²) in [5.74, 6) is 0. The molecule has 0 radical (unpaired) electrons. The fourth-order valence-electron chi connectivity index (χ4n) is 0.502. The van der Waals surface area contributed by atoms with Gasteiger partial charge in [0.2, 0.25) is 0 Å². The second-order valence-corrected chi connectivity index (χ2v) is 1.79. The largest absolute Gasteiger partial charge is 0.393 e. The van der Waals surface area contributed by atoms with Crippen molar-refractivity contribution in [3.8, 4) is 0 Å². The highest BCUT2D eigenvalue weighted by Gasteiger charge is 1.95. The Morgan fingerprint density at radius 2 is 2.33 bits per heavy atom. The molecule has 0 aromatic rings. The maximum Gasteiger partial charge on any atom is 0.0982 e. The number of ether oxygens (including phenoxy) is 1. The van der Waals surface area contributed by atoms with Crippen molar-refractivity contribution in [2.75, 3.05) is 13.7 Å². The maximum atomic E-state index is 8.58. The lowest BCUT2D eigenvalue weighted by molar-refractivity contribution is 0.0818. The lowest BCUT2D eigenvalue weighted by Gasteiger charge is -2.04. The van der Waals surface area contributed by atoms with Gasteiger partial charge in [-0.25, -0.2) is 0 Å². The Morgan fingerprint density at radius 3 is 2.67 bits per heavy atom. The first kappa shape index (κ1) is 8.66. The second-order valence-electron chi connectivity index (χ2n) is 1.79. The van der Waals surface area contributed by atoms with Crippen LogP contribution in [0, 0.1) is 0 Å². The van der Waals surface area contributed by atoms with E-state index in [2.05, 4.69) is 0 Å². The molecule has 0 rings (SSSR count).